The molecule has 2 bridgehead atoms. The molecule has 6 rings (SSSR count). The molecule has 3 aromatic rings. The van der Waals surface area contributed by atoms with Crippen LogP contribution in [0.5, 0.6) is 0 Å². The molecular formula is C21H21N3. The SMILES string of the molecule is C(=Cc1cccc2c3c([nH]c12)C1CCN(CC1)C3)c1ccccn1. The lowest BCUT2D eigenvalue weighted by Gasteiger charge is -2.26. The van der Waals surface area contributed by atoms with E-state index < -0.39 is 0 Å². The van der Waals surface area contributed by atoms with E-state index >= 15 is 0 Å². The van der Waals surface area contributed by atoms with Gasteiger partial charge in [0.15, 0.2) is 0 Å². The molecule has 0 aliphatic carbocycles. The van der Waals surface area contributed by atoms with Crippen molar-refractivity contribution < 1.29 is 0 Å². The molecule has 3 aliphatic rings. The third kappa shape index (κ3) is 2.28. The summed E-state index contributed by atoms with van der Waals surface area (Å²) in [5.41, 5.74) is 6.54. The first-order valence-corrected chi connectivity index (χ1v) is 8.83. The molecule has 2 aromatic heterocycles. The number of pyridine rings is 1. The van der Waals surface area contributed by atoms with Gasteiger partial charge in [-0.3, -0.25) is 9.88 Å². The Labute approximate surface area is 142 Å². The number of benzene rings is 1. The van der Waals surface area contributed by atoms with Crippen molar-refractivity contribution in [2.75, 3.05) is 13.1 Å². The minimum absolute atomic E-state index is 0.707. The standard InChI is InChI=1S/C21H21N3/c1-2-11-22-17(5-1)8-7-15-4-3-6-18-19-14-24-12-9-16(10-13-24)21(19)23-20(15)18/h1-8,11,16,23H,9-10,12-14H2. The second-order valence-electron chi connectivity index (χ2n) is 6.93. The van der Waals surface area contributed by atoms with Gasteiger partial charge < -0.3 is 4.98 Å². The van der Waals surface area contributed by atoms with E-state index in [4.69, 9.17) is 0 Å². The van der Waals surface area contributed by atoms with Crippen LogP contribution in [0.3, 0.4) is 0 Å². The van der Waals surface area contributed by atoms with Gasteiger partial charge in [0.05, 0.1) is 11.2 Å². The quantitative estimate of drug-likeness (QED) is 0.759. The molecule has 0 saturated carbocycles. The van der Waals surface area contributed by atoms with Gasteiger partial charge in [-0.1, -0.05) is 30.3 Å². The van der Waals surface area contributed by atoms with Crippen LogP contribution < -0.4 is 0 Å². The molecule has 1 fully saturated rings. The van der Waals surface area contributed by atoms with Gasteiger partial charge in [-0.2, -0.15) is 0 Å². The molecular weight excluding hydrogens is 294 g/mol. The number of H-pyrrole nitrogens is 1. The van der Waals surface area contributed by atoms with Crippen molar-refractivity contribution in [3.63, 3.8) is 0 Å². The van der Waals surface area contributed by atoms with E-state index in [0.717, 1.165) is 12.2 Å². The van der Waals surface area contributed by atoms with E-state index in [1.54, 1.807) is 0 Å². The Bertz CT molecular complexity index is 899. The first kappa shape index (κ1) is 14.0. The van der Waals surface area contributed by atoms with Crippen LogP contribution in [0, 0.1) is 0 Å². The lowest BCUT2D eigenvalue weighted by atomic mass is 9.94. The average molecular weight is 315 g/mol. The van der Waals surface area contributed by atoms with E-state index in [1.807, 2.05) is 24.4 Å². The summed E-state index contributed by atoms with van der Waals surface area (Å²) < 4.78 is 0. The van der Waals surface area contributed by atoms with Crippen LogP contribution >= 0.6 is 0 Å². The number of rotatable bonds is 2. The van der Waals surface area contributed by atoms with Crippen LogP contribution in [0.4, 0.5) is 0 Å². The second-order valence-corrected chi connectivity index (χ2v) is 6.93. The third-order valence-corrected chi connectivity index (χ3v) is 5.51. The van der Waals surface area contributed by atoms with Crippen molar-refractivity contribution in [2.24, 2.45) is 0 Å². The largest absolute Gasteiger partial charge is 0.357 e. The Kier molecular flexibility index (Phi) is 3.27. The summed E-state index contributed by atoms with van der Waals surface area (Å²) in [6.07, 6.45) is 8.69. The molecule has 120 valence electrons. The van der Waals surface area contributed by atoms with Crippen LogP contribution in [0.1, 0.15) is 41.3 Å². The van der Waals surface area contributed by atoms with E-state index in [-0.39, 0.29) is 0 Å². The van der Waals surface area contributed by atoms with Gasteiger partial charge in [-0.05, 0) is 55.3 Å². The molecule has 3 nitrogen and oxygen atoms in total. The van der Waals surface area contributed by atoms with Crippen molar-refractivity contribution >= 4 is 23.1 Å². The van der Waals surface area contributed by atoms with Crippen LogP contribution in [0.2, 0.25) is 0 Å². The number of fused-ring (bicyclic) bond motifs is 3. The molecule has 1 saturated heterocycles. The number of aromatic amines is 1. The zero-order valence-electron chi connectivity index (χ0n) is 13.7. The van der Waals surface area contributed by atoms with Gasteiger partial charge in [0.2, 0.25) is 0 Å². The molecule has 0 radical (unpaired) electrons. The van der Waals surface area contributed by atoms with Gasteiger partial charge in [-0.25, -0.2) is 0 Å². The number of hydrogen-bond donors (Lipinski definition) is 1. The highest BCUT2D eigenvalue weighted by Crippen LogP contribution is 2.39. The maximum atomic E-state index is 4.38. The summed E-state index contributed by atoms with van der Waals surface area (Å²) >= 11 is 0. The highest BCUT2D eigenvalue weighted by atomic mass is 15.1. The van der Waals surface area contributed by atoms with Gasteiger partial charge in [0, 0.05) is 29.7 Å². The number of nitrogens with one attached hydrogen (secondary N) is 1. The predicted molar refractivity (Wildman–Crippen MR) is 98.7 cm³/mol. The first-order chi connectivity index (χ1) is 11.9. The minimum Gasteiger partial charge on any atom is -0.357 e. The average Bonchev–Trinajstić information content (AvgIpc) is 2.81. The Morgan fingerprint density at radius 3 is 2.79 bits per heavy atom. The Balaban J connectivity index is 1.61. The zero-order chi connectivity index (χ0) is 15.9. The molecule has 24 heavy (non-hydrogen) atoms. The fourth-order valence-corrected chi connectivity index (χ4v) is 4.23. The normalized spacial score (nSPS) is 22.8. The summed E-state index contributed by atoms with van der Waals surface area (Å²) in [6.45, 7) is 3.58. The Hall–Kier alpha value is -2.39. The summed E-state index contributed by atoms with van der Waals surface area (Å²) in [5, 5.41) is 1.40. The maximum Gasteiger partial charge on any atom is 0.0629 e. The van der Waals surface area contributed by atoms with Gasteiger partial charge in [0.1, 0.15) is 0 Å². The van der Waals surface area contributed by atoms with Crippen LogP contribution in [0.25, 0.3) is 23.1 Å². The van der Waals surface area contributed by atoms with E-state index in [0.29, 0.717) is 5.92 Å². The molecule has 3 aliphatic heterocycles. The van der Waals surface area contributed by atoms with Crippen LogP contribution in [-0.2, 0) is 6.54 Å². The van der Waals surface area contributed by atoms with Crippen molar-refractivity contribution in [2.45, 2.75) is 25.3 Å². The van der Waals surface area contributed by atoms with Crippen molar-refractivity contribution in [3.8, 4) is 0 Å². The summed E-state index contributed by atoms with van der Waals surface area (Å²) in [4.78, 5) is 10.8. The fraction of sp³-hybridized carbons (Fsp3) is 0.286. The smallest absolute Gasteiger partial charge is 0.0629 e. The fourth-order valence-electron chi connectivity index (χ4n) is 4.23. The molecule has 0 unspecified atom stereocenters. The molecule has 0 amide bonds. The van der Waals surface area contributed by atoms with Crippen LogP contribution in [-0.4, -0.2) is 28.0 Å². The summed E-state index contributed by atoms with van der Waals surface area (Å²) in [5.74, 6) is 0.707. The highest BCUT2D eigenvalue weighted by molar-refractivity contribution is 5.93. The van der Waals surface area contributed by atoms with Crippen molar-refractivity contribution in [3.05, 3.63) is 65.1 Å². The second kappa shape index (κ2) is 5.60. The number of hydrogen-bond acceptors (Lipinski definition) is 2. The third-order valence-electron chi connectivity index (χ3n) is 5.51. The van der Waals surface area contributed by atoms with E-state index in [2.05, 4.69) is 45.2 Å². The molecule has 3 heteroatoms. The number of piperidine rings is 1. The maximum absolute atomic E-state index is 4.38. The predicted octanol–water partition coefficient (Wildman–Crippen LogP) is 4.43. The number of aromatic nitrogens is 2. The van der Waals surface area contributed by atoms with Gasteiger partial charge in [0.25, 0.3) is 0 Å². The Morgan fingerprint density at radius 1 is 1.04 bits per heavy atom. The van der Waals surface area contributed by atoms with E-state index in [9.17, 15) is 0 Å². The molecule has 1 aromatic carbocycles. The highest BCUT2D eigenvalue weighted by Gasteiger charge is 2.30. The zero-order valence-corrected chi connectivity index (χ0v) is 13.7. The van der Waals surface area contributed by atoms with Crippen LogP contribution in [0.15, 0.2) is 42.6 Å². The van der Waals surface area contributed by atoms with Crippen molar-refractivity contribution in [1.82, 2.24) is 14.9 Å². The number of nitrogens with zero attached hydrogens (tertiary/aromatic N) is 2. The topological polar surface area (TPSA) is 31.9 Å². The molecule has 1 N–H and O–H groups in total. The minimum atomic E-state index is 0.707. The number of para-hydroxylation sites is 1. The monoisotopic (exact) mass is 315 g/mol. The lowest BCUT2D eigenvalue weighted by molar-refractivity contribution is 0.220. The molecule has 0 atom stereocenters. The molecule has 5 heterocycles. The van der Waals surface area contributed by atoms with E-state index in [1.165, 1.54) is 53.7 Å². The summed E-state index contributed by atoms with van der Waals surface area (Å²) in [7, 11) is 0. The van der Waals surface area contributed by atoms with Gasteiger partial charge in [-0.15, -0.1) is 0 Å². The lowest BCUT2D eigenvalue weighted by Crippen LogP contribution is -2.29. The molecule has 0 spiro atoms. The summed E-state index contributed by atoms with van der Waals surface area (Å²) in [6, 6.07) is 12.6. The Morgan fingerprint density at radius 2 is 1.96 bits per heavy atom. The van der Waals surface area contributed by atoms with Crippen molar-refractivity contribution in [1.29, 1.82) is 0 Å². The first-order valence-electron chi connectivity index (χ1n) is 8.83. The van der Waals surface area contributed by atoms with Gasteiger partial charge >= 0.3 is 0 Å².